The molecule has 0 saturated carbocycles. The van der Waals surface area contributed by atoms with Crippen molar-refractivity contribution in [2.75, 3.05) is 0 Å². The van der Waals surface area contributed by atoms with E-state index in [0.29, 0.717) is 0 Å². The van der Waals surface area contributed by atoms with Crippen molar-refractivity contribution in [3.8, 4) is 0 Å². The van der Waals surface area contributed by atoms with Crippen molar-refractivity contribution in [1.29, 1.82) is 0 Å². The van der Waals surface area contributed by atoms with Gasteiger partial charge in [0.1, 0.15) is 20.6 Å². The molecule has 0 radical (unpaired) electrons. The molecule has 2 rings (SSSR count). The molecule has 2 aromatic rings. The SMILES string of the molecule is Cc1ncc2c(n1)c(I)nn2C. The Bertz CT molecular complexity index is 434. The highest BCUT2D eigenvalue weighted by Gasteiger charge is 2.06. The van der Waals surface area contributed by atoms with E-state index < -0.39 is 0 Å². The zero-order chi connectivity index (χ0) is 8.72. The Morgan fingerprint density at radius 2 is 2.25 bits per heavy atom. The van der Waals surface area contributed by atoms with E-state index in [2.05, 4.69) is 37.7 Å². The Balaban J connectivity index is 2.90. The molecule has 0 fully saturated rings. The van der Waals surface area contributed by atoms with Crippen molar-refractivity contribution in [2.24, 2.45) is 7.05 Å². The maximum Gasteiger partial charge on any atom is 0.149 e. The van der Waals surface area contributed by atoms with Gasteiger partial charge >= 0.3 is 0 Å². The number of rotatable bonds is 0. The molecule has 0 aliphatic heterocycles. The van der Waals surface area contributed by atoms with Gasteiger partial charge in [0.15, 0.2) is 0 Å². The molecule has 12 heavy (non-hydrogen) atoms. The van der Waals surface area contributed by atoms with E-state index in [1.807, 2.05) is 14.0 Å². The van der Waals surface area contributed by atoms with Crippen LogP contribution >= 0.6 is 22.6 Å². The minimum Gasteiger partial charge on any atom is -0.264 e. The summed E-state index contributed by atoms with van der Waals surface area (Å²) < 4.78 is 2.71. The van der Waals surface area contributed by atoms with Gasteiger partial charge in [-0.15, -0.1) is 0 Å². The summed E-state index contributed by atoms with van der Waals surface area (Å²) in [5, 5.41) is 4.23. The van der Waals surface area contributed by atoms with Gasteiger partial charge in [-0.05, 0) is 29.5 Å². The molecule has 0 amide bonds. The summed E-state index contributed by atoms with van der Waals surface area (Å²) in [4.78, 5) is 8.40. The van der Waals surface area contributed by atoms with E-state index in [1.165, 1.54) is 0 Å². The molecule has 0 bridgehead atoms. The van der Waals surface area contributed by atoms with Crippen LogP contribution in [0.4, 0.5) is 0 Å². The molecule has 0 saturated heterocycles. The molecule has 0 atom stereocenters. The molecule has 0 aliphatic carbocycles. The predicted octanol–water partition coefficient (Wildman–Crippen LogP) is 1.28. The Hall–Kier alpha value is -0.720. The Kier molecular flexibility index (Phi) is 1.75. The monoisotopic (exact) mass is 274 g/mol. The molecule has 0 spiro atoms. The average molecular weight is 274 g/mol. The zero-order valence-corrected chi connectivity index (χ0v) is 8.90. The maximum absolute atomic E-state index is 4.29. The summed E-state index contributed by atoms with van der Waals surface area (Å²) in [6.45, 7) is 1.88. The van der Waals surface area contributed by atoms with Gasteiger partial charge in [0.25, 0.3) is 0 Å². The topological polar surface area (TPSA) is 43.6 Å². The number of aryl methyl sites for hydroxylation is 2. The third kappa shape index (κ3) is 1.08. The van der Waals surface area contributed by atoms with Gasteiger partial charge in [0.2, 0.25) is 0 Å². The number of nitrogens with zero attached hydrogens (tertiary/aromatic N) is 4. The van der Waals surface area contributed by atoms with Crippen LogP contribution in [0.1, 0.15) is 5.82 Å². The predicted molar refractivity (Wildman–Crippen MR) is 53.8 cm³/mol. The third-order valence-corrected chi connectivity index (χ3v) is 2.40. The molecule has 0 unspecified atom stereocenters. The summed E-state index contributed by atoms with van der Waals surface area (Å²) >= 11 is 2.17. The van der Waals surface area contributed by atoms with Crippen LogP contribution in [0.5, 0.6) is 0 Å². The minimum atomic E-state index is 0.786. The van der Waals surface area contributed by atoms with E-state index in [1.54, 1.807) is 10.9 Å². The third-order valence-electron chi connectivity index (χ3n) is 1.67. The molecule has 2 heterocycles. The van der Waals surface area contributed by atoms with Crippen molar-refractivity contribution in [2.45, 2.75) is 6.92 Å². The Morgan fingerprint density at radius 1 is 1.50 bits per heavy atom. The number of halogens is 1. The van der Waals surface area contributed by atoms with Gasteiger partial charge in [0.05, 0.1) is 6.20 Å². The quantitative estimate of drug-likeness (QED) is 0.680. The maximum atomic E-state index is 4.29. The first kappa shape index (κ1) is 7.90. The summed E-state index contributed by atoms with van der Waals surface area (Å²) in [6.07, 6.45) is 1.80. The normalized spacial score (nSPS) is 10.9. The number of hydrogen-bond donors (Lipinski definition) is 0. The van der Waals surface area contributed by atoms with Gasteiger partial charge in [-0.3, -0.25) is 4.68 Å². The first-order valence-electron chi connectivity index (χ1n) is 3.50. The summed E-state index contributed by atoms with van der Waals surface area (Å²) in [5.41, 5.74) is 1.91. The van der Waals surface area contributed by atoms with Gasteiger partial charge < -0.3 is 0 Å². The van der Waals surface area contributed by atoms with E-state index in [0.717, 1.165) is 20.6 Å². The van der Waals surface area contributed by atoms with E-state index in [4.69, 9.17) is 0 Å². The van der Waals surface area contributed by atoms with Gasteiger partial charge in [-0.2, -0.15) is 5.10 Å². The average Bonchev–Trinajstić information content (AvgIpc) is 2.28. The molecule has 0 aliphatic rings. The summed E-state index contributed by atoms with van der Waals surface area (Å²) in [5.74, 6) is 0.786. The number of aromatic nitrogens is 4. The smallest absolute Gasteiger partial charge is 0.149 e. The highest BCUT2D eigenvalue weighted by molar-refractivity contribution is 14.1. The Morgan fingerprint density at radius 3 is 3.00 bits per heavy atom. The molecular formula is C7H7IN4. The second-order valence-corrected chi connectivity index (χ2v) is 3.59. The first-order chi connectivity index (χ1) is 5.68. The lowest BCUT2D eigenvalue weighted by Gasteiger charge is -1.92. The van der Waals surface area contributed by atoms with Crippen LogP contribution in [0.3, 0.4) is 0 Å². The summed E-state index contributed by atoms with van der Waals surface area (Å²) in [7, 11) is 1.89. The minimum absolute atomic E-state index is 0.786. The Labute approximate surface area is 83.2 Å². The lowest BCUT2D eigenvalue weighted by Crippen LogP contribution is -1.91. The van der Waals surface area contributed by atoms with Crippen LogP contribution in [-0.4, -0.2) is 19.7 Å². The molecule has 62 valence electrons. The highest BCUT2D eigenvalue weighted by Crippen LogP contribution is 2.15. The molecular weight excluding hydrogens is 267 g/mol. The van der Waals surface area contributed by atoms with Crippen molar-refractivity contribution < 1.29 is 0 Å². The lowest BCUT2D eigenvalue weighted by atomic mass is 10.4. The van der Waals surface area contributed by atoms with Crippen LogP contribution in [0, 0.1) is 10.6 Å². The molecule has 4 nitrogen and oxygen atoms in total. The lowest BCUT2D eigenvalue weighted by molar-refractivity contribution is 0.786. The van der Waals surface area contributed by atoms with Crippen molar-refractivity contribution >= 4 is 33.6 Å². The van der Waals surface area contributed by atoms with Crippen molar-refractivity contribution in [3.63, 3.8) is 0 Å². The standard InChI is InChI=1S/C7H7IN4/c1-4-9-3-5-6(10-4)7(8)11-12(5)2/h3H,1-2H3. The van der Waals surface area contributed by atoms with Crippen LogP contribution in [0.15, 0.2) is 6.20 Å². The first-order valence-corrected chi connectivity index (χ1v) is 4.58. The van der Waals surface area contributed by atoms with Gasteiger partial charge in [-0.1, -0.05) is 0 Å². The van der Waals surface area contributed by atoms with Gasteiger partial charge in [0, 0.05) is 7.05 Å². The fourth-order valence-electron chi connectivity index (χ4n) is 1.09. The van der Waals surface area contributed by atoms with E-state index in [9.17, 15) is 0 Å². The van der Waals surface area contributed by atoms with Crippen LogP contribution < -0.4 is 0 Å². The van der Waals surface area contributed by atoms with Crippen LogP contribution in [0.25, 0.3) is 11.0 Å². The molecule has 0 N–H and O–H groups in total. The molecule has 0 aromatic carbocycles. The van der Waals surface area contributed by atoms with Crippen LogP contribution in [0.2, 0.25) is 0 Å². The van der Waals surface area contributed by atoms with E-state index >= 15 is 0 Å². The van der Waals surface area contributed by atoms with Crippen molar-refractivity contribution in [1.82, 2.24) is 19.7 Å². The molecule has 5 heteroatoms. The number of fused-ring (bicyclic) bond motifs is 1. The summed E-state index contributed by atoms with van der Waals surface area (Å²) in [6, 6.07) is 0. The van der Waals surface area contributed by atoms with Crippen LogP contribution in [-0.2, 0) is 7.05 Å². The van der Waals surface area contributed by atoms with Gasteiger partial charge in [-0.25, -0.2) is 9.97 Å². The zero-order valence-electron chi connectivity index (χ0n) is 6.74. The fraction of sp³-hybridized carbons (Fsp3) is 0.286. The van der Waals surface area contributed by atoms with E-state index in [-0.39, 0.29) is 0 Å². The second-order valence-electron chi connectivity index (χ2n) is 2.57. The largest absolute Gasteiger partial charge is 0.264 e. The second kappa shape index (κ2) is 2.65. The number of hydrogen-bond acceptors (Lipinski definition) is 3. The molecule has 2 aromatic heterocycles. The highest BCUT2D eigenvalue weighted by atomic mass is 127. The van der Waals surface area contributed by atoms with Crippen molar-refractivity contribution in [3.05, 3.63) is 15.7 Å². The fourth-order valence-corrected chi connectivity index (χ4v) is 1.81.